The molecule has 0 saturated carbocycles. The molecule has 0 aliphatic carbocycles. The van der Waals surface area contributed by atoms with Crippen molar-refractivity contribution in [3.05, 3.63) is 11.6 Å². The quantitative estimate of drug-likeness (QED) is 0.616. The SMILES string of the molecule is CC(C)=CC(=O)N1CCCC12CCOC2. The number of nitrogens with zero attached hydrogens (tertiary/aromatic N) is 1. The number of likely N-dealkylation sites (tertiary alicyclic amines) is 1. The number of allylic oxidation sites excluding steroid dienone is 1. The van der Waals surface area contributed by atoms with E-state index in [4.69, 9.17) is 4.74 Å². The van der Waals surface area contributed by atoms with Gasteiger partial charge in [-0.2, -0.15) is 0 Å². The van der Waals surface area contributed by atoms with Crippen LogP contribution < -0.4 is 0 Å². The number of carbonyl (C=O) groups is 1. The average Bonchev–Trinajstić information content (AvgIpc) is 2.76. The van der Waals surface area contributed by atoms with Crippen molar-refractivity contribution in [3.8, 4) is 0 Å². The second-order valence-electron chi connectivity index (χ2n) is 4.84. The zero-order valence-corrected chi connectivity index (χ0v) is 9.58. The Morgan fingerprint density at radius 3 is 2.80 bits per heavy atom. The Hall–Kier alpha value is -0.830. The van der Waals surface area contributed by atoms with Crippen molar-refractivity contribution in [2.75, 3.05) is 19.8 Å². The molecule has 2 rings (SSSR count). The normalized spacial score (nSPS) is 29.9. The predicted molar refractivity (Wildman–Crippen MR) is 58.5 cm³/mol. The van der Waals surface area contributed by atoms with E-state index in [1.807, 2.05) is 18.7 Å². The van der Waals surface area contributed by atoms with E-state index >= 15 is 0 Å². The highest BCUT2D eigenvalue weighted by Crippen LogP contribution is 2.36. The van der Waals surface area contributed by atoms with Crippen molar-refractivity contribution < 1.29 is 9.53 Å². The van der Waals surface area contributed by atoms with E-state index in [9.17, 15) is 4.79 Å². The van der Waals surface area contributed by atoms with Crippen LogP contribution in [0.5, 0.6) is 0 Å². The number of hydrogen-bond donors (Lipinski definition) is 0. The summed E-state index contributed by atoms with van der Waals surface area (Å²) in [6.07, 6.45) is 4.97. The fourth-order valence-electron chi connectivity index (χ4n) is 2.61. The van der Waals surface area contributed by atoms with Gasteiger partial charge in [0.25, 0.3) is 0 Å². The molecule has 0 radical (unpaired) electrons. The molecule has 15 heavy (non-hydrogen) atoms. The molecule has 3 heteroatoms. The lowest BCUT2D eigenvalue weighted by Crippen LogP contribution is -2.47. The monoisotopic (exact) mass is 209 g/mol. The molecule has 1 unspecified atom stereocenters. The lowest BCUT2D eigenvalue weighted by atomic mass is 9.95. The van der Waals surface area contributed by atoms with Crippen LogP contribution >= 0.6 is 0 Å². The van der Waals surface area contributed by atoms with Gasteiger partial charge in [-0.05, 0) is 33.1 Å². The highest BCUT2D eigenvalue weighted by Gasteiger charge is 2.45. The predicted octanol–water partition coefficient (Wildman–Crippen LogP) is 1.73. The third-order valence-corrected chi connectivity index (χ3v) is 3.36. The lowest BCUT2D eigenvalue weighted by Gasteiger charge is -2.33. The fraction of sp³-hybridized carbons (Fsp3) is 0.750. The molecule has 0 N–H and O–H groups in total. The van der Waals surface area contributed by atoms with Crippen LogP contribution in [0.1, 0.15) is 33.1 Å². The van der Waals surface area contributed by atoms with E-state index in [0.717, 1.165) is 44.6 Å². The molecule has 2 saturated heterocycles. The first-order valence-electron chi connectivity index (χ1n) is 5.68. The van der Waals surface area contributed by atoms with Crippen LogP contribution in [0.15, 0.2) is 11.6 Å². The lowest BCUT2D eigenvalue weighted by molar-refractivity contribution is -0.130. The van der Waals surface area contributed by atoms with Crippen LogP contribution in [0.25, 0.3) is 0 Å². The van der Waals surface area contributed by atoms with E-state index in [1.54, 1.807) is 6.08 Å². The average molecular weight is 209 g/mol. The molecule has 3 nitrogen and oxygen atoms in total. The van der Waals surface area contributed by atoms with Crippen molar-refractivity contribution >= 4 is 5.91 Å². The van der Waals surface area contributed by atoms with Crippen LogP contribution in [0, 0.1) is 0 Å². The van der Waals surface area contributed by atoms with Crippen molar-refractivity contribution in [2.24, 2.45) is 0 Å². The van der Waals surface area contributed by atoms with Gasteiger partial charge >= 0.3 is 0 Å². The van der Waals surface area contributed by atoms with E-state index in [-0.39, 0.29) is 11.4 Å². The van der Waals surface area contributed by atoms with Gasteiger partial charge in [0.2, 0.25) is 5.91 Å². The number of ether oxygens (including phenoxy) is 1. The highest BCUT2D eigenvalue weighted by atomic mass is 16.5. The van der Waals surface area contributed by atoms with Gasteiger partial charge in [0.05, 0.1) is 12.1 Å². The summed E-state index contributed by atoms with van der Waals surface area (Å²) in [4.78, 5) is 14.0. The van der Waals surface area contributed by atoms with Gasteiger partial charge in [-0.3, -0.25) is 4.79 Å². The van der Waals surface area contributed by atoms with Crippen LogP contribution in [0.2, 0.25) is 0 Å². The number of amides is 1. The fourth-order valence-corrected chi connectivity index (χ4v) is 2.61. The first kappa shape index (κ1) is 10.7. The van der Waals surface area contributed by atoms with Gasteiger partial charge in [-0.1, -0.05) is 5.57 Å². The first-order valence-corrected chi connectivity index (χ1v) is 5.68. The second-order valence-corrected chi connectivity index (χ2v) is 4.84. The third kappa shape index (κ3) is 1.93. The Kier molecular flexibility index (Phi) is 2.83. The maximum absolute atomic E-state index is 12.0. The topological polar surface area (TPSA) is 29.5 Å². The molecule has 2 heterocycles. The van der Waals surface area contributed by atoms with Crippen molar-refractivity contribution in [3.63, 3.8) is 0 Å². The molecule has 1 atom stereocenters. The summed E-state index contributed by atoms with van der Waals surface area (Å²) < 4.78 is 5.45. The van der Waals surface area contributed by atoms with Crippen molar-refractivity contribution in [1.82, 2.24) is 4.90 Å². The van der Waals surface area contributed by atoms with Gasteiger partial charge in [0.15, 0.2) is 0 Å². The van der Waals surface area contributed by atoms with Gasteiger partial charge in [0.1, 0.15) is 0 Å². The van der Waals surface area contributed by atoms with Gasteiger partial charge in [-0.15, -0.1) is 0 Å². The second kappa shape index (κ2) is 3.97. The van der Waals surface area contributed by atoms with Crippen molar-refractivity contribution in [1.29, 1.82) is 0 Å². The van der Waals surface area contributed by atoms with Crippen LogP contribution in [0.4, 0.5) is 0 Å². The van der Waals surface area contributed by atoms with Gasteiger partial charge in [0, 0.05) is 19.2 Å². The molecule has 0 bridgehead atoms. The zero-order valence-electron chi connectivity index (χ0n) is 9.58. The summed E-state index contributed by atoms with van der Waals surface area (Å²) >= 11 is 0. The van der Waals surface area contributed by atoms with Crippen molar-refractivity contribution in [2.45, 2.75) is 38.6 Å². The molecule has 84 valence electrons. The standard InChI is InChI=1S/C12H19NO2/c1-10(2)8-11(14)13-6-3-4-12(13)5-7-15-9-12/h8H,3-7,9H2,1-2H3. The minimum absolute atomic E-state index is 0.0308. The molecule has 0 aromatic carbocycles. The summed E-state index contributed by atoms with van der Waals surface area (Å²) in [5, 5.41) is 0. The maximum atomic E-state index is 12.0. The molecule has 0 aromatic heterocycles. The Balaban J connectivity index is 2.14. The zero-order chi connectivity index (χ0) is 10.9. The first-order chi connectivity index (χ1) is 7.14. The minimum Gasteiger partial charge on any atom is -0.379 e. The Bertz CT molecular complexity index is 280. The van der Waals surface area contributed by atoms with Gasteiger partial charge in [-0.25, -0.2) is 0 Å². The number of carbonyl (C=O) groups excluding carboxylic acids is 1. The van der Waals surface area contributed by atoms with Crippen LogP contribution in [-0.2, 0) is 9.53 Å². The Morgan fingerprint density at radius 1 is 1.40 bits per heavy atom. The summed E-state index contributed by atoms with van der Waals surface area (Å²) in [6.45, 7) is 6.36. The van der Waals surface area contributed by atoms with E-state index in [1.165, 1.54) is 0 Å². The molecule has 2 aliphatic rings. The largest absolute Gasteiger partial charge is 0.379 e. The third-order valence-electron chi connectivity index (χ3n) is 3.36. The number of rotatable bonds is 1. The summed E-state index contributed by atoms with van der Waals surface area (Å²) in [5.74, 6) is 0.165. The summed E-state index contributed by atoms with van der Waals surface area (Å²) in [5.41, 5.74) is 1.10. The molecule has 0 aromatic rings. The summed E-state index contributed by atoms with van der Waals surface area (Å²) in [6, 6.07) is 0. The smallest absolute Gasteiger partial charge is 0.247 e. The molecular weight excluding hydrogens is 190 g/mol. The molecular formula is C12H19NO2. The van der Waals surface area contributed by atoms with Crippen LogP contribution in [-0.4, -0.2) is 36.1 Å². The minimum atomic E-state index is 0.0308. The van der Waals surface area contributed by atoms with Gasteiger partial charge < -0.3 is 9.64 Å². The number of hydrogen-bond acceptors (Lipinski definition) is 2. The van der Waals surface area contributed by atoms with E-state index in [0.29, 0.717) is 0 Å². The Labute approximate surface area is 91.1 Å². The van der Waals surface area contributed by atoms with E-state index < -0.39 is 0 Å². The molecule has 1 spiro atoms. The molecule has 1 amide bonds. The Morgan fingerprint density at radius 2 is 2.20 bits per heavy atom. The van der Waals surface area contributed by atoms with E-state index in [2.05, 4.69) is 0 Å². The maximum Gasteiger partial charge on any atom is 0.247 e. The highest BCUT2D eigenvalue weighted by molar-refractivity contribution is 5.89. The summed E-state index contributed by atoms with van der Waals surface area (Å²) in [7, 11) is 0. The molecule has 2 aliphatic heterocycles. The van der Waals surface area contributed by atoms with Crippen LogP contribution in [0.3, 0.4) is 0 Å². The molecule has 2 fully saturated rings.